The van der Waals surface area contributed by atoms with Crippen LogP contribution in [0.4, 0.5) is 5.69 Å². The van der Waals surface area contributed by atoms with Gasteiger partial charge in [-0.15, -0.1) is 0 Å². The average molecular weight is 537 g/mol. The zero-order valence-electron chi connectivity index (χ0n) is 20.3. The fourth-order valence-corrected chi connectivity index (χ4v) is 7.25. The van der Waals surface area contributed by atoms with Crippen LogP contribution >= 0.6 is 0 Å². The van der Waals surface area contributed by atoms with Crippen LogP contribution in [-0.4, -0.2) is 90.0 Å². The lowest BCUT2D eigenvalue weighted by Crippen LogP contribution is -2.50. The van der Waals surface area contributed by atoms with Gasteiger partial charge >= 0.3 is 0 Å². The third kappa shape index (κ3) is 6.00. The second-order valence-corrected chi connectivity index (χ2v) is 12.8. The van der Waals surface area contributed by atoms with E-state index in [2.05, 4.69) is 10.2 Å². The number of anilines is 1. The summed E-state index contributed by atoms with van der Waals surface area (Å²) in [5.74, 6) is 0.118. The van der Waals surface area contributed by atoms with Crippen molar-refractivity contribution in [2.24, 2.45) is 0 Å². The molecule has 10 nitrogen and oxygen atoms in total. The summed E-state index contributed by atoms with van der Waals surface area (Å²) in [4.78, 5) is 14.8. The van der Waals surface area contributed by atoms with Crippen LogP contribution in [0.15, 0.2) is 53.4 Å². The van der Waals surface area contributed by atoms with E-state index in [-0.39, 0.29) is 22.8 Å². The summed E-state index contributed by atoms with van der Waals surface area (Å²) in [5, 5.41) is 2.63. The summed E-state index contributed by atoms with van der Waals surface area (Å²) >= 11 is 0. The van der Waals surface area contributed by atoms with Crippen molar-refractivity contribution in [1.29, 1.82) is 0 Å². The van der Waals surface area contributed by atoms with Crippen molar-refractivity contribution in [3.8, 4) is 5.75 Å². The van der Waals surface area contributed by atoms with Crippen molar-refractivity contribution in [3.63, 3.8) is 0 Å². The van der Waals surface area contributed by atoms with Gasteiger partial charge in [-0.2, -0.15) is 8.61 Å². The number of sulfonamides is 2. The Kier molecular flexibility index (Phi) is 8.18. The van der Waals surface area contributed by atoms with Gasteiger partial charge in [-0.05, 0) is 61.4 Å². The van der Waals surface area contributed by atoms with Gasteiger partial charge in [0.2, 0.25) is 20.0 Å². The summed E-state index contributed by atoms with van der Waals surface area (Å²) in [6.45, 7) is 2.87. The normalized spacial score (nSPS) is 17.8. The van der Waals surface area contributed by atoms with Crippen LogP contribution in [0.2, 0.25) is 0 Å². The fraction of sp³-hybridized carbons (Fsp3) is 0.458. The van der Waals surface area contributed by atoms with Crippen molar-refractivity contribution in [3.05, 3.63) is 54.1 Å². The number of benzene rings is 2. The molecule has 1 amide bonds. The second-order valence-electron chi connectivity index (χ2n) is 8.79. The minimum atomic E-state index is -3.55. The van der Waals surface area contributed by atoms with E-state index in [4.69, 9.17) is 4.74 Å². The Hall–Kier alpha value is -2.67. The monoisotopic (exact) mass is 536 g/mol. The molecule has 0 atom stereocenters. The number of ether oxygens (including phenoxy) is 1. The van der Waals surface area contributed by atoms with Crippen molar-refractivity contribution in [1.82, 2.24) is 13.9 Å². The van der Waals surface area contributed by atoms with Crippen LogP contribution in [-0.2, 0) is 20.0 Å². The largest absolute Gasteiger partial charge is 0.497 e. The molecular formula is C24H32N4O6S2. The van der Waals surface area contributed by atoms with Gasteiger partial charge in [-0.25, -0.2) is 16.8 Å². The third-order valence-electron chi connectivity index (χ3n) is 6.53. The predicted octanol–water partition coefficient (Wildman–Crippen LogP) is 1.36. The highest BCUT2D eigenvalue weighted by atomic mass is 32.2. The van der Waals surface area contributed by atoms with E-state index in [1.54, 1.807) is 7.11 Å². The number of methoxy groups -OCH3 is 1. The van der Waals surface area contributed by atoms with Crippen molar-refractivity contribution < 1.29 is 26.4 Å². The molecule has 2 aliphatic heterocycles. The Morgan fingerprint density at radius 2 is 1.44 bits per heavy atom. The molecule has 0 spiro atoms. The van der Waals surface area contributed by atoms with Crippen LogP contribution in [0.5, 0.6) is 5.75 Å². The van der Waals surface area contributed by atoms with Crippen LogP contribution in [0, 0.1) is 0 Å². The summed E-state index contributed by atoms with van der Waals surface area (Å²) in [6.07, 6.45) is 1.70. The first kappa shape index (κ1) is 26.4. The minimum Gasteiger partial charge on any atom is -0.497 e. The van der Waals surface area contributed by atoms with Gasteiger partial charge in [-0.3, -0.25) is 4.79 Å². The first-order chi connectivity index (χ1) is 17.2. The summed E-state index contributed by atoms with van der Waals surface area (Å²) < 4.78 is 58.9. The van der Waals surface area contributed by atoms with E-state index in [0.717, 1.165) is 24.3 Å². The number of amides is 1. The molecule has 2 saturated heterocycles. The zero-order chi connectivity index (χ0) is 25.8. The van der Waals surface area contributed by atoms with E-state index in [9.17, 15) is 21.6 Å². The Bertz CT molecular complexity index is 1250. The highest BCUT2D eigenvalue weighted by Crippen LogP contribution is 2.22. The standard InChI is InChI=1S/C24H32N4O6S2/c1-34-22-8-6-21(7-9-22)26-15-17-27(18-16-26)35(30,31)19-12-25-24(29)20-4-10-23(11-5-20)36(32,33)28-13-2-3-14-28/h4-11H,2-3,12-19H2,1H3,(H,25,29). The van der Waals surface area contributed by atoms with Gasteiger partial charge in [0.25, 0.3) is 5.91 Å². The number of nitrogens with zero attached hydrogens (tertiary/aromatic N) is 3. The second kappa shape index (κ2) is 11.2. The van der Waals surface area contributed by atoms with Gasteiger partial charge in [-0.1, -0.05) is 0 Å². The predicted molar refractivity (Wildman–Crippen MR) is 137 cm³/mol. The number of rotatable bonds is 9. The fourth-order valence-electron chi connectivity index (χ4n) is 4.40. The van der Waals surface area contributed by atoms with Gasteiger partial charge in [0.05, 0.1) is 17.8 Å². The summed E-state index contributed by atoms with van der Waals surface area (Å²) in [6, 6.07) is 13.4. The van der Waals surface area contributed by atoms with Gasteiger partial charge in [0.15, 0.2) is 0 Å². The van der Waals surface area contributed by atoms with E-state index in [1.165, 1.54) is 32.9 Å². The molecule has 0 saturated carbocycles. The highest BCUT2D eigenvalue weighted by Gasteiger charge is 2.28. The van der Waals surface area contributed by atoms with Crippen LogP contribution < -0.4 is 15.0 Å². The van der Waals surface area contributed by atoms with Crippen LogP contribution in [0.25, 0.3) is 0 Å². The molecule has 196 valence electrons. The SMILES string of the molecule is COc1ccc(N2CCN(S(=O)(=O)CCNC(=O)c3ccc(S(=O)(=O)N4CCCC4)cc3)CC2)cc1. The van der Waals surface area contributed by atoms with Crippen LogP contribution in [0.1, 0.15) is 23.2 Å². The molecule has 0 aliphatic carbocycles. The maximum Gasteiger partial charge on any atom is 0.251 e. The number of piperazine rings is 1. The highest BCUT2D eigenvalue weighted by molar-refractivity contribution is 7.89. The van der Waals surface area contributed by atoms with E-state index in [0.29, 0.717) is 39.3 Å². The maximum absolute atomic E-state index is 12.8. The smallest absolute Gasteiger partial charge is 0.251 e. The lowest BCUT2D eigenvalue weighted by atomic mass is 10.2. The molecule has 2 aromatic carbocycles. The molecule has 0 radical (unpaired) electrons. The number of hydrogen-bond donors (Lipinski definition) is 1. The average Bonchev–Trinajstić information content (AvgIpc) is 3.45. The zero-order valence-corrected chi connectivity index (χ0v) is 21.9. The molecule has 1 N–H and O–H groups in total. The summed E-state index contributed by atoms with van der Waals surface area (Å²) in [7, 11) is -5.46. The lowest BCUT2D eigenvalue weighted by Gasteiger charge is -2.35. The van der Waals surface area contributed by atoms with Crippen molar-refractivity contribution >= 4 is 31.6 Å². The number of carbonyl (C=O) groups excluding carboxylic acids is 1. The maximum atomic E-state index is 12.8. The molecule has 2 aliphatic rings. The molecule has 0 aromatic heterocycles. The minimum absolute atomic E-state index is 0.0340. The molecular weight excluding hydrogens is 504 g/mol. The number of hydrogen-bond acceptors (Lipinski definition) is 7. The van der Waals surface area contributed by atoms with E-state index >= 15 is 0 Å². The van der Waals surface area contributed by atoms with E-state index in [1.807, 2.05) is 24.3 Å². The quantitative estimate of drug-likeness (QED) is 0.514. The van der Waals surface area contributed by atoms with Gasteiger partial charge in [0, 0.05) is 57.1 Å². The summed E-state index contributed by atoms with van der Waals surface area (Å²) in [5.41, 5.74) is 1.29. The molecule has 0 bridgehead atoms. The Morgan fingerprint density at radius 1 is 0.833 bits per heavy atom. The van der Waals surface area contributed by atoms with Gasteiger partial charge < -0.3 is 15.0 Å². The number of carbonyl (C=O) groups is 1. The van der Waals surface area contributed by atoms with Crippen molar-refractivity contribution in [2.75, 3.05) is 63.6 Å². The molecule has 2 fully saturated rings. The Balaban J connectivity index is 1.25. The molecule has 0 unspecified atom stereocenters. The topological polar surface area (TPSA) is 116 Å². The molecule has 12 heteroatoms. The van der Waals surface area contributed by atoms with Crippen molar-refractivity contribution in [2.45, 2.75) is 17.7 Å². The number of nitrogens with one attached hydrogen (secondary N) is 1. The van der Waals surface area contributed by atoms with E-state index < -0.39 is 26.0 Å². The molecule has 2 aromatic rings. The molecule has 36 heavy (non-hydrogen) atoms. The molecule has 2 heterocycles. The van der Waals surface area contributed by atoms with Gasteiger partial charge in [0.1, 0.15) is 5.75 Å². The third-order valence-corrected chi connectivity index (χ3v) is 10.3. The first-order valence-corrected chi connectivity index (χ1v) is 15.0. The lowest BCUT2D eigenvalue weighted by molar-refractivity contribution is 0.0956. The Labute approximate surface area is 212 Å². The van der Waals surface area contributed by atoms with Crippen LogP contribution in [0.3, 0.4) is 0 Å². The molecule has 4 rings (SSSR count). The Morgan fingerprint density at radius 3 is 2.03 bits per heavy atom. The first-order valence-electron chi connectivity index (χ1n) is 12.0.